The third-order valence-corrected chi connectivity index (χ3v) is 5.58. The maximum atomic E-state index is 13.3. The molecule has 0 saturated carbocycles. The Bertz CT molecular complexity index is 922. The molecule has 1 aliphatic heterocycles. The fourth-order valence-corrected chi connectivity index (χ4v) is 4.04. The predicted octanol–water partition coefficient (Wildman–Crippen LogP) is 3.24. The largest absolute Gasteiger partial charge is 0.379 e. The van der Waals surface area contributed by atoms with Crippen LogP contribution in [0.15, 0.2) is 48.0 Å². The van der Waals surface area contributed by atoms with Crippen LogP contribution in [0.25, 0.3) is 10.2 Å². The Kier molecular flexibility index (Phi) is 5.42. The Morgan fingerprint density at radius 2 is 2.00 bits per heavy atom. The minimum atomic E-state index is -0.263. The van der Waals surface area contributed by atoms with Crippen LogP contribution < -0.4 is 5.32 Å². The minimum absolute atomic E-state index is 0.0226. The molecule has 27 heavy (non-hydrogen) atoms. The number of fused-ring (bicyclic) bond motifs is 1. The first kappa shape index (κ1) is 18.0. The highest BCUT2D eigenvalue weighted by Crippen LogP contribution is 2.23. The third-order valence-electron chi connectivity index (χ3n) is 4.79. The van der Waals surface area contributed by atoms with Crippen molar-refractivity contribution in [3.8, 4) is 0 Å². The first-order valence-electron chi connectivity index (χ1n) is 8.89. The number of amides is 1. The average Bonchev–Trinajstić information content (AvgIpc) is 3.18. The molecule has 4 rings (SSSR count). The molecule has 1 aliphatic rings. The van der Waals surface area contributed by atoms with E-state index >= 15 is 0 Å². The van der Waals surface area contributed by atoms with Gasteiger partial charge in [0.2, 0.25) is 0 Å². The highest BCUT2D eigenvalue weighted by atomic mass is 32.1. The maximum Gasteiger partial charge on any atom is 0.251 e. The van der Waals surface area contributed by atoms with Crippen LogP contribution >= 0.6 is 11.3 Å². The molecule has 1 atom stereocenters. The molecule has 0 radical (unpaired) electrons. The van der Waals surface area contributed by atoms with Gasteiger partial charge < -0.3 is 10.1 Å². The second kappa shape index (κ2) is 8.12. The van der Waals surface area contributed by atoms with E-state index in [2.05, 4.69) is 15.2 Å². The van der Waals surface area contributed by atoms with Crippen LogP contribution in [0.3, 0.4) is 0 Å². The number of morpholine rings is 1. The molecule has 3 aromatic rings. The lowest BCUT2D eigenvalue weighted by molar-refractivity contribution is 0.0162. The van der Waals surface area contributed by atoms with Crippen LogP contribution in [0.4, 0.5) is 4.39 Å². The first-order chi connectivity index (χ1) is 13.2. The Hall–Kier alpha value is -2.35. The van der Waals surface area contributed by atoms with Crippen molar-refractivity contribution in [1.29, 1.82) is 0 Å². The lowest BCUT2D eigenvalue weighted by Gasteiger charge is -2.35. The first-order valence-corrected chi connectivity index (χ1v) is 9.77. The number of hydrogen-bond donors (Lipinski definition) is 1. The van der Waals surface area contributed by atoms with Crippen LogP contribution in [-0.2, 0) is 4.74 Å². The zero-order valence-electron chi connectivity index (χ0n) is 14.7. The fraction of sp³-hybridized carbons (Fsp3) is 0.300. The molecule has 2 heterocycles. The number of hydrogen-bond acceptors (Lipinski definition) is 5. The smallest absolute Gasteiger partial charge is 0.251 e. The van der Waals surface area contributed by atoms with Gasteiger partial charge in [-0.25, -0.2) is 9.37 Å². The van der Waals surface area contributed by atoms with E-state index in [-0.39, 0.29) is 17.8 Å². The van der Waals surface area contributed by atoms with Gasteiger partial charge >= 0.3 is 0 Å². The molecule has 0 aliphatic carbocycles. The fourth-order valence-electron chi connectivity index (χ4n) is 3.32. The van der Waals surface area contributed by atoms with Crippen LogP contribution in [0.1, 0.15) is 22.0 Å². The predicted molar refractivity (Wildman–Crippen MR) is 103 cm³/mol. The second-order valence-electron chi connectivity index (χ2n) is 6.46. The van der Waals surface area contributed by atoms with Gasteiger partial charge in [0.05, 0.1) is 35.0 Å². The van der Waals surface area contributed by atoms with Crippen molar-refractivity contribution >= 4 is 27.5 Å². The number of nitrogens with zero attached hydrogens (tertiary/aromatic N) is 2. The Morgan fingerprint density at radius 3 is 2.78 bits per heavy atom. The summed E-state index contributed by atoms with van der Waals surface area (Å²) in [5, 5.41) is 3.04. The van der Waals surface area contributed by atoms with E-state index in [9.17, 15) is 9.18 Å². The van der Waals surface area contributed by atoms with Gasteiger partial charge in [0, 0.05) is 25.2 Å². The molecule has 0 spiro atoms. The zero-order chi connectivity index (χ0) is 18.6. The van der Waals surface area contributed by atoms with Crippen molar-refractivity contribution < 1.29 is 13.9 Å². The van der Waals surface area contributed by atoms with Gasteiger partial charge in [-0.15, -0.1) is 11.3 Å². The molecule has 2 aromatic carbocycles. The monoisotopic (exact) mass is 385 g/mol. The number of aromatic nitrogens is 1. The van der Waals surface area contributed by atoms with Crippen molar-refractivity contribution in [3.05, 3.63) is 64.9 Å². The van der Waals surface area contributed by atoms with Gasteiger partial charge in [-0.1, -0.05) is 12.1 Å². The topological polar surface area (TPSA) is 54.5 Å². The number of halogens is 1. The van der Waals surface area contributed by atoms with Gasteiger partial charge in [-0.2, -0.15) is 0 Å². The van der Waals surface area contributed by atoms with Gasteiger partial charge in [0.15, 0.2) is 0 Å². The van der Waals surface area contributed by atoms with E-state index in [1.807, 2.05) is 12.1 Å². The van der Waals surface area contributed by atoms with E-state index in [1.54, 1.807) is 23.7 Å². The summed E-state index contributed by atoms with van der Waals surface area (Å²) in [5.41, 5.74) is 4.27. The highest BCUT2D eigenvalue weighted by molar-refractivity contribution is 7.16. The van der Waals surface area contributed by atoms with Gasteiger partial charge in [-0.3, -0.25) is 9.69 Å². The van der Waals surface area contributed by atoms with Crippen LogP contribution in [-0.4, -0.2) is 48.6 Å². The van der Waals surface area contributed by atoms with Gasteiger partial charge in [0.25, 0.3) is 5.91 Å². The van der Waals surface area contributed by atoms with E-state index in [1.165, 1.54) is 23.5 Å². The molecular formula is C20H20FN3O2S. The zero-order valence-corrected chi connectivity index (χ0v) is 15.5. The SMILES string of the molecule is O=C(NC[C@@H](c1ccc(F)cc1)N1CCOCC1)c1ccc2ncsc2c1. The lowest BCUT2D eigenvalue weighted by atomic mass is 10.0. The molecule has 0 unspecified atom stereocenters. The van der Waals surface area contributed by atoms with Crippen LogP contribution in [0.5, 0.6) is 0 Å². The van der Waals surface area contributed by atoms with Gasteiger partial charge in [-0.05, 0) is 35.9 Å². The third kappa shape index (κ3) is 4.16. The van der Waals surface area contributed by atoms with Crippen molar-refractivity contribution in [3.63, 3.8) is 0 Å². The number of carbonyl (C=O) groups excluding carboxylic acids is 1. The number of nitrogens with one attached hydrogen (secondary N) is 1. The van der Waals surface area contributed by atoms with Crippen molar-refractivity contribution in [2.75, 3.05) is 32.8 Å². The van der Waals surface area contributed by atoms with Crippen LogP contribution in [0.2, 0.25) is 0 Å². The van der Waals surface area contributed by atoms with E-state index in [0.717, 1.165) is 28.9 Å². The maximum absolute atomic E-state index is 13.3. The molecule has 7 heteroatoms. The molecule has 1 N–H and O–H groups in total. The summed E-state index contributed by atoms with van der Waals surface area (Å²) < 4.78 is 19.8. The minimum Gasteiger partial charge on any atom is -0.379 e. The Balaban J connectivity index is 1.50. The number of benzene rings is 2. The van der Waals surface area contributed by atoms with Crippen molar-refractivity contribution in [2.24, 2.45) is 0 Å². The van der Waals surface area contributed by atoms with Crippen LogP contribution in [0, 0.1) is 5.82 Å². The Morgan fingerprint density at radius 1 is 1.22 bits per heavy atom. The van der Waals surface area contributed by atoms with Gasteiger partial charge in [0.1, 0.15) is 5.82 Å². The number of carbonyl (C=O) groups is 1. The molecule has 0 bridgehead atoms. The summed E-state index contributed by atoms with van der Waals surface area (Å²) in [6.45, 7) is 3.34. The number of ether oxygens (including phenoxy) is 1. The summed E-state index contributed by atoms with van der Waals surface area (Å²) >= 11 is 1.52. The van der Waals surface area contributed by atoms with E-state index < -0.39 is 0 Å². The number of thiazole rings is 1. The summed E-state index contributed by atoms with van der Waals surface area (Å²) in [6.07, 6.45) is 0. The normalized spacial score (nSPS) is 16.3. The molecule has 5 nitrogen and oxygen atoms in total. The molecule has 1 fully saturated rings. The molecular weight excluding hydrogens is 365 g/mol. The molecule has 1 saturated heterocycles. The lowest BCUT2D eigenvalue weighted by Crippen LogP contribution is -2.43. The quantitative estimate of drug-likeness (QED) is 0.733. The molecule has 140 valence electrons. The van der Waals surface area contributed by atoms with Crippen molar-refractivity contribution in [2.45, 2.75) is 6.04 Å². The van der Waals surface area contributed by atoms with E-state index in [4.69, 9.17) is 4.74 Å². The summed E-state index contributed by atoms with van der Waals surface area (Å²) in [6, 6.07) is 12.0. The van der Waals surface area contributed by atoms with Crippen molar-refractivity contribution in [1.82, 2.24) is 15.2 Å². The summed E-state index contributed by atoms with van der Waals surface area (Å²) in [5.74, 6) is -0.382. The number of rotatable bonds is 5. The average molecular weight is 385 g/mol. The molecule has 1 aromatic heterocycles. The summed E-state index contributed by atoms with van der Waals surface area (Å²) in [4.78, 5) is 19.2. The van der Waals surface area contributed by atoms with E-state index in [0.29, 0.717) is 25.3 Å². The Labute approximate surface area is 160 Å². The molecule has 1 amide bonds. The summed E-state index contributed by atoms with van der Waals surface area (Å²) in [7, 11) is 0. The standard InChI is InChI=1S/C20H20FN3O2S/c21-16-4-1-14(2-5-16)18(24-7-9-26-10-8-24)12-22-20(25)15-3-6-17-19(11-15)27-13-23-17/h1-6,11,13,18H,7-10,12H2,(H,22,25)/t18-/m0/s1. The highest BCUT2D eigenvalue weighted by Gasteiger charge is 2.23. The second-order valence-corrected chi connectivity index (χ2v) is 7.35.